The van der Waals surface area contributed by atoms with E-state index < -0.39 is 0 Å². The van der Waals surface area contributed by atoms with Crippen LogP contribution >= 0.6 is 0 Å². The number of ether oxygens (including phenoxy) is 2. The number of nitrogens with zero attached hydrogens (tertiary/aromatic N) is 3. The van der Waals surface area contributed by atoms with Crippen LogP contribution in [0.1, 0.15) is 37.3 Å². The zero-order chi connectivity index (χ0) is 15.2. The molecule has 2 aromatic heterocycles. The summed E-state index contributed by atoms with van der Waals surface area (Å²) in [5, 5.41) is 10.5. The highest BCUT2D eigenvalue weighted by Gasteiger charge is 2.19. The molecule has 0 amide bonds. The van der Waals surface area contributed by atoms with Gasteiger partial charge in [-0.2, -0.15) is 10.1 Å². The van der Waals surface area contributed by atoms with E-state index in [4.69, 9.17) is 9.47 Å². The van der Waals surface area contributed by atoms with Gasteiger partial charge in [-0.15, -0.1) is 0 Å². The van der Waals surface area contributed by atoms with Gasteiger partial charge in [0.2, 0.25) is 11.8 Å². The van der Waals surface area contributed by atoms with Crippen molar-refractivity contribution in [3.63, 3.8) is 0 Å². The molecule has 22 heavy (non-hydrogen) atoms. The lowest BCUT2D eigenvalue weighted by molar-refractivity contribution is 0.144. The Kier molecular flexibility index (Phi) is 4.85. The van der Waals surface area contributed by atoms with Gasteiger partial charge in [0.05, 0.1) is 6.61 Å². The molecular formula is C15H21N5O2. The second-order valence-electron chi connectivity index (χ2n) is 5.37. The van der Waals surface area contributed by atoms with E-state index in [-0.39, 0.29) is 0 Å². The maximum absolute atomic E-state index is 5.47. The van der Waals surface area contributed by atoms with Gasteiger partial charge in [-0.1, -0.05) is 12.8 Å². The molecule has 2 aromatic rings. The Morgan fingerprint density at radius 3 is 3.00 bits per heavy atom. The third-order valence-corrected chi connectivity index (χ3v) is 3.80. The van der Waals surface area contributed by atoms with Crippen LogP contribution < -0.4 is 10.1 Å². The summed E-state index contributed by atoms with van der Waals surface area (Å²) in [6.45, 7) is 0.984. The molecule has 0 aliphatic heterocycles. The van der Waals surface area contributed by atoms with Crippen molar-refractivity contribution in [1.29, 1.82) is 0 Å². The molecular weight excluding hydrogens is 282 g/mol. The van der Waals surface area contributed by atoms with E-state index in [0.717, 1.165) is 5.82 Å². The Morgan fingerprint density at radius 1 is 1.32 bits per heavy atom. The van der Waals surface area contributed by atoms with Crippen molar-refractivity contribution in [2.45, 2.75) is 31.6 Å². The molecule has 0 bridgehead atoms. The first kappa shape index (κ1) is 14.8. The number of nitrogens with one attached hydrogen (secondary N) is 2. The summed E-state index contributed by atoms with van der Waals surface area (Å²) in [6, 6.07) is 3.76. The summed E-state index contributed by atoms with van der Waals surface area (Å²) in [5.74, 6) is 2.32. The lowest BCUT2D eigenvalue weighted by Crippen LogP contribution is -2.06. The molecule has 0 spiro atoms. The summed E-state index contributed by atoms with van der Waals surface area (Å²) >= 11 is 0. The fourth-order valence-electron chi connectivity index (χ4n) is 2.67. The van der Waals surface area contributed by atoms with E-state index in [1.165, 1.54) is 31.4 Å². The number of aromatic amines is 1. The molecule has 2 N–H and O–H groups in total. The van der Waals surface area contributed by atoms with Crippen molar-refractivity contribution in [2.24, 2.45) is 0 Å². The van der Waals surface area contributed by atoms with Gasteiger partial charge in [-0.05, 0) is 12.8 Å². The summed E-state index contributed by atoms with van der Waals surface area (Å²) in [5.41, 5.74) is 1.19. The Balaban J connectivity index is 1.61. The van der Waals surface area contributed by atoms with Crippen LogP contribution in [0.5, 0.6) is 5.88 Å². The average Bonchev–Trinajstić information content (AvgIpc) is 3.19. The highest BCUT2D eigenvalue weighted by molar-refractivity contribution is 5.48. The van der Waals surface area contributed by atoms with Crippen LogP contribution in [0.3, 0.4) is 0 Å². The van der Waals surface area contributed by atoms with Gasteiger partial charge < -0.3 is 14.8 Å². The molecule has 1 aliphatic carbocycles. The second kappa shape index (κ2) is 7.22. The van der Waals surface area contributed by atoms with Crippen molar-refractivity contribution in [2.75, 3.05) is 25.6 Å². The lowest BCUT2D eigenvalue weighted by atomic mass is 10.0. The standard InChI is InChI=1S/C15H21N5O2/c1-21-8-9-22-14-6-7-16-15(18-14)17-13-10-12(19-20-13)11-4-2-3-5-11/h6-7,10-11H,2-5,8-9H2,1H3,(H2,16,17,18,19,20). The van der Waals surface area contributed by atoms with Gasteiger partial charge in [0.1, 0.15) is 6.61 Å². The Bertz CT molecular complexity index is 595. The smallest absolute Gasteiger partial charge is 0.231 e. The van der Waals surface area contributed by atoms with Gasteiger partial charge in [0.15, 0.2) is 5.82 Å². The number of methoxy groups -OCH3 is 1. The predicted molar refractivity (Wildman–Crippen MR) is 82.5 cm³/mol. The molecule has 7 nitrogen and oxygen atoms in total. The first-order valence-electron chi connectivity index (χ1n) is 7.62. The van der Waals surface area contributed by atoms with E-state index in [1.807, 2.05) is 6.07 Å². The summed E-state index contributed by atoms with van der Waals surface area (Å²) < 4.78 is 10.4. The number of rotatable bonds is 7. The van der Waals surface area contributed by atoms with Crippen LogP contribution in [0, 0.1) is 0 Å². The van der Waals surface area contributed by atoms with Crippen LogP contribution in [0.2, 0.25) is 0 Å². The zero-order valence-corrected chi connectivity index (χ0v) is 12.7. The SMILES string of the molecule is COCCOc1ccnc(Nc2cc(C3CCCC3)[nH]n2)n1. The van der Waals surface area contributed by atoms with Gasteiger partial charge in [0, 0.05) is 37.1 Å². The van der Waals surface area contributed by atoms with E-state index in [1.54, 1.807) is 19.4 Å². The predicted octanol–water partition coefficient (Wildman–Crippen LogP) is 2.63. The van der Waals surface area contributed by atoms with Crippen LogP contribution in [0.4, 0.5) is 11.8 Å². The number of anilines is 2. The molecule has 7 heteroatoms. The van der Waals surface area contributed by atoms with Crippen LogP contribution in [0.15, 0.2) is 18.3 Å². The van der Waals surface area contributed by atoms with E-state index >= 15 is 0 Å². The van der Waals surface area contributed by atoms with Gasteiger partial charge in [-0.3, -0.25) is 5.10 Å². The normalized spacial score (nSPS) is 15.1. The molecule has 0 radical (unpaired) electrons. The quantitative estimate of drug-likeness (QED) is 0.765. The molecule has 2 heterocycles. The van der Waals surface area contributed by atoms with Crippen molar-refractivity contribution in [3.05, 3.63) is 24.0 Å². The van der Waals surface area contributed by atoms with Crippen molar-refractivity contribution in [1.82, 2.24) is 20.2 Å². The molecule has 1 fully saturated rings. The Morgan fingerprint density at radius 2 is 2.18 bits per heavy atom. The molecule has 1 saturated carbocycles. The van der Waals surface area contributed by atoms with Gasteiger partial charge >= 0.3 is 0 Å². The summed E-state index contributed by atoms with van der Waals surface area (Å²) in [7, 11) is 1.63. The monoisotopic (exact) mass is 303 g/mol. The number of hydrogen-bond donors (Lipinski definition) is 2. The molecule has 0 atom stereocenters. The van der Waals surface area contributed by atoms with E-state index in [2.05, 4.69) is 25.5 Å². The minimum Gasteiger partial charge on any atom is -0.475 e. The second-order valence-corrected chi connectivity index (χ2v) is 5.37. The first-order valence-corrected chi connectivity index (χ1v) is 7.62. The van der Waals surface area contributed by atoms with Crippen molar-refractivity contribution in [3.8, 4) is 5.88 Å². The van der Waals surface area contributed by atoms with E-state index in [9.17, 15) is 0 Å². The fraction of sp³-hybridized carbons (Fsp3) is 0.533. The third-order valence-electron chi connectivity index (χ3n) is 3.80. The fourth-order valence-corrected chi connectivity index (χ4v) is 2.67. The van der Waals surface area contributed by atoms with Crippen molar-refractivity contribution >= 4 is 11.8 Å². The van der Waals surface area contributed by atoms with E-state index in [0.29, 0.717) is 31.0 Å². The Labute approximate surface area is 129 Å². The molecule has 118 valence electrons. The highest BCUT2D eigenvalue weighted by atomic mass is 16.5. The number of hydrogen-bond acceptors (Lipinski definition) is 6. The molecule has 0 saturated heterocycles. The van der Waals surface area contributed by atoms with Gasteiger partial charge in [0.25, 0.3) is 0 Å². The van der Waals surface area contributed by atoms with Crippen LogP contribution in [-0.4, -0.2) is 40.5 Å². The molecule has 3 rings (SSSR count). The third kappa shape index (κ3) is 3.73. The largest absolute Gasteiger partial charge is 0.475 e. The van der Waals surface area contributed by atoms with Gasteiger partial charge in [-0.25, -0.2) is 4.98 Å². The molecule has 0 unspecified atom stereocenters. The molecule has 1 aliphatic rings. The highest BCUT2D eigenvalue weighted by Crippen LogP contribution is 2.33. The lowest BCUT2D eigenvalue weighted by Gasteiger charge is -2.06. The molecule has 0 aromatic carbocycles. The van der Waals surface area contributed by atoms with Crippen LogP contribution in [0.25, 0.3) is 0 Å². The average molecular weight is 303 g/mol. The summed E-state index contributed by atoms with van der Waals surface area (Å²) in [6.07, 6.45) is 6.73. The maximum Gasteiger partial charge on any atom is 0.231 e. The Hall–Kier alpha value is -2.15. The topological polar surface area (TPSA) is 85.0 Å². The summed E-state index contributed by atoms with van der Waals surface area (Å²) in [4.78, 5) is 8.48. The van der Waals surface area contributed by atoms with Crippen molar-refractivity contribution < 1.29 is 9.47 Å². The zero-order valence-electron chi connectivity index (χ0n) is 12.7. The van der Waals surface area contributed by atoms with Crippen LogP contribution in [-0.2, 0) is 4.74 Å². The number of H-pyrrole nitrogens is 1. The maximum atomic E-state index is 5.47. The minimum absolute atomic E-state index is 0.460. The first-order chi connectivity index (χ1) is 10.8. The minimum atomic E-state index is 0.460. The number of aromatic nitrogens is 4.